The Morgan fingerprint density at radius 3 is 2.69 bits per heavy atom. The fraction of sp³-hybridized carbons (Fsp3) is 0.182. The van der Waals surface area contributed by atoms with Crippen LogP contribution in [-0.2, 0) is 7.05 Å². The van der Waals surface area contributed by atoms with Crippen molar-refractivity contribution in [3.8, 4) is 17.0 Å². The number of nitrogens with two attached hydrogens (primary N) is 1. The minimum absolute atomic E-state index is 0.229. The third kappa shape index (κ3) is 1.67. The number of aromatic hydroxyl groups is 1. The van der Waals surface area contributed by atoms with Crippen molar-refractivity contribution in [3.05, 3.63) is 28.2 Å². The Balaban J connectivity index is 2.68. The van der Waals surface area contributed by atoms with Crippen molar-refractivity contribution in [3.63, 3.8) is 0 Å². The van der Waals surface area contributed by atoms with Crippen LogP contribution in [0.5, 0.6) is 5.75 Å². The Morgan fingerprint density at radius 1 is 1.44 bits per heavy atom. The zero-order chi connectivity index (χ0) is 11.9. The molecule has 0 fully saturated rings. The van der Waals surface area contributed by atoms with E-state index in [0.29, 0.717) is 17.1 Å². The van der Waals surface area contributed by atoms with Gasteiger partial charge in [-0.25, -0.2) is 0 Å². The van der Waals surface area contributed by atoms with Gasteiger partial charge in [0, 0.05) is 17.6 Å². The van der Waals surface area contributed by atoms with Crippen LogP contribution in [-0.4, -0.2) is 14.9 Å². The van der Waals surface area contributed by atoms with E-state index < -0.39 is 0 Å². The lowest BCUT2D eigenvalue weighted by Gasteiger charge is -2.06. The maximum Gasteiger partial charge on any atom is 0.129 e. The van der Waals surface area contributed by atoms with Gasteiger partial charge in [-0.2, -0.15) is 5.10 Å². The molecule has 0 aliphatic rings. The predicted octanol–water partition coefficient (Wildman–Crippen LogP) is 2.45. The molecule has 0 saturated heterocycles. The fourth-order valence-corrected chi connectivity index (χ4v) is 2.04. The van der Waals surface area contributed by atoms with Crippen molar-refractivity contribution >= 4 is 21.7 Å². The summed E-state index contributed by atoms with van der Waals surface area (Å²) in [7, 11) is 1.76. The number of hydrogen-bond donors (Lipinski definition) is 2. The van der Waals surface area contributed by atoms with Gasteiger partial charge < -0.3 is 10.8 Å². The van der Waals surface area contributed by atoms with Crippen LogP contribution in [0.3, 0.4) is 0 Å². The average Bonchev–Trinajstić information content (AvgIpc) is 2.54. The number of benzene rings is 1. The molecule has 1 aromatic carbocycles. The van der Waals surface area contributed by atoms with Crippen LogP contribution in [0.15, 0.2) is 22.7 Å². The highest BCUT2D eigenvalue weighted by Gasteiger charge is 2.14. The summed E-state index contributed by atoms with van der Waals surface area (Å²) in [4.78, 5) is 0. The number of aryl methyl sites for hydroxylation is 2. The van der Waals surface area contributed by atoms with Crippen LogP contribution in [0.4, 0.5) is 5.82 Å². The van der Waals surface area contributed by atoms with Crippen molar-refractivity contribution in [2.24, 2.45) is 7.05 Å². The third-order valence-corrected chi connectivity index (χ3v) is 3.16. The molecule has 16 heavy (non-hydrogen) atoms. The zero-order valence-electron chi connectivity index (χ0n) is 9.03. The Labute approximate surface area is 102 Å². The molecule has 3 N–H and O–H groups in total. The minimum atomic E-state index is 0.229. The van der Waals surface area contributed by atoms with Crippen molar-refractivity contribution in [2.45, 2.75) is 6.92 Å². The molecule has 0 unspecified atom stereocenters. The zero-order valence-corrected chi connectivity index (χ0v) is 10.6. The summed E-state index contributed by atoms with van der Waals surface area (Å²) in [6, 6.07) is 5.46. The predicted molar refractivity (Wildman–Crippen MR) is 67.2 cm³/mol. The minimum Gasteiger partial charge on any atom is -0.507 e. The monoisotopic (exact) mass is 281 g/mol. The van der Waals surface area contributed by atoms with Gasteiger partial charge in [0.2, 0.25) is 0 Å². The summed E-state index contributed by atoms with van der Waals surface area (Å²) < 4.78 is 2.37. The topological polar surface area (TPSA) is 64.1 Å². The van der Waals surface area contributed by atoms with E-state index in [-0.39, 0.29) is 5.75 Å². The van der Waals surface area contributed by atoms with Crippen LogP contribution < -0.4 is 5.73 Å². The lowest BCUT2D eigenvalue weighted by Crippen LogP contribution is -1.96. The highest BCUT2D eigenvalue weighted by molar-refractivity contribution is 9.10. The smallest absolute Gasteiger partial charge is 0.129 e. The van der Waals surface area contributed by atoms with E-state index in [1.54, 1.807) is 17.8 Å². The summed E-state index contributed by atoms with van der Waals surface area (Å²) in [5, 5.41) is 14.3. The largest absolute Gasteiger partial charge is 0.507 e. The molecule has 0 aliphatic heterocycles. The molecule has 2 aromatic rings. The highest BCUT2D eigenvalue weighted by Crippen LogP contribution is 2.37. The van der Waals surface area contributed by atoms with Crippen LogP contribution in [0.1, 0.15) is 5.56 Å². The number of nitrogen functional groups attached to an aromatic ring is 1. The van der Waals surface area contributed by atoms with Crippen molar-refractivity contribution < 1.29 is 5.11 Å². The number of anilines is 1. The fourth-order valence-electron chi connectivity index (χ4n) is 1.52. The number of hydrogen-bond acceptors (Lipinski definition) is 3. The van der Waals surface area contributed by atoms with Crippen LogP contribution in [0.2, 0.25) is 0 Å². The molecule has 4 nitrogen and oxygen atoms in total. The molecule has 2 rings (SSSR count). The van der Waals surface area contributed by atoms with Crippen molar-refractivity contribution in [2.75, 3.05) is 5.73 Å². The van der Waals surface area contributed by atoms with E-state index in [0.717, 1.165) is 10.0 Å². The average molecular weight is 282 g/mol. The maximum atomic E-state index is 10.0. The number of rotatable bonds is 1. The Morgan fingerprint density at radius 2 is 2.12 bits per heavy atom. The van der Waals surface area contributed by atoms with Crippen molar-refractivity contribution in [1.82, 2.24) is 9.78 Å². The van der Waals surface area contributed by atoms with Gasteiger partial charge in [0.25, 0.3) is 0 Å². The van der Waals surface area contributed by atoms with E-state index in [1.807, 2.05) is 19.1 Å². The molecule has 0 radical (unpaired) electrons. The van der Waals surface area contributed by atoms with E-state index >= 15 is 0 Å². The lowest BCUT2D eigenvalue weighted by atomic mass is 10.1. The quantitative estimate of drug-likeness (QED) is 0.844. The number of halogens is 1. The summed E-state index contributed by atoms with van der Waals surface area (Å²) in [6.45, 7) is 1.84. The second kappa shape index (κ2) is 3.83. The first-order valence-electron chi connectivity index (χ1n) is 4.78. The first kappa shape index (κ1) is 11.0. The molecule has 84 valence electrons. The number of phenols is 1. The molecule has 0 spiro atoms. The Kier molecular flexibility index (Phi) is 2.63. The normalized spacial score (nSPS) is 10.7. The number of aromatic nitrogens is 2. The lowest BCUT2D eigenvalue weighted by molar-refractivity contribution is 0.472. The number of phenolic OH excluding ortho intramolecular Hbond substituents is 1. The SMILES string of the molecule is Cc1ccc(Br)c(-c2cc(N)n(C)n2)c1O. The Hall–Kier alpha value is -1.49. The van der Waals surface area contributed by atoms with Gasteiger partial charge in [-0.3, -0.25) is 4.68 Å². The van der Waals surface area contributed by atoms with E-state index in [9.17, 15) is 5.11 Å². The van der Waals surface area contributed by atoms with Crippen LogP contribution in [0, 0.1) is 6.92 Å². The number of nitrogens with zero attached hydrogens (tertiary/aromatic N) is 2. The van der Waals surface area contributed by atoms with Gasteiger partial charge in [0.05, 0.1) is 11.3 Å². The highest BCUT2D eigenvalue weighted by atomic mass is 79.9. The molecule has 1 aromatic heterocycles. The van der Waals surface area contributed by atoms with Gasteiger partial charge in [0.15, 0.2) is 0 Å². The van der Waals surface area contributed by atoms with E-state index in [2.05, 4.69) is 21.0 Å². The summed E-state index contributed by atoms with van der Waals surface area (Å²) in [6.07, 6.45) is 0. The van der Waals surface area contributed by atoms with Crippen LogP contribution in [0.25, 0.3) is 11.3 Å². The molecule has 0 amide bonds. The van der Waals surface area contributed by atoms with E-state index in [4.69, 9.17) is 5.73 Å². The van der Waals surface area contributed by atoms with Gasteiger partial charge >= 0.3 is 0 Å². The Bertz CT molecular complexity index is 529. The molecular weight excluding hydrogens is 270 g/mol. The first-order chi connectivity index (χ1) is 7.50. The molecule has 5 heteroatoms. The van der Waals surface area contributed by atoms with Gasteiger partial charge in [0.1, 0.15) is 11.6 Å². The van der Waals surface area contributed by atoms with E-state index in [1.165, 1.54) is 0 Å². The van der Waals surface area contributed by atoms with Crippen LogP contribution >= 0.6 is 15.9 Å². The second-order valence-corrected chi connectivity index (χ2v) is 4.52. The summed E-state index contributed by atoms with van der Waals surface area (Å²) >= 11 is 3.40. The first-order valence-corrected chi connectivity index (χ1v) is 5.58. The molecule has 0 aliphatic carbocycles. The summed E-state index contributed by atoms with van der Waals surface area (Å²) in [5.74, 6) is 0.787. The third-order valence-electron chi connectivity index (χ3n) is 2.50. The molecule has 0 saturated carbocycles. The molecule has 0 atom stereocenters. The molecular formula is C11H12BrN3O. The van der Waals surface area contributed by atoms with Gasteiger partial charge in [-0.05, 0) is 34.5 Å². The maximum absolute atomic E-state index is 10.0. The standard InChI is InChI=1S/C11H12BrN3O/c1-6-3-4-7(12)10(11(6)16)8-5-9(13)15(2)14-8/h3-5,16H,13H2,1-2H3. The van der Waals surface area contributed by atoms with Gasteiger partial charge in [-0.15, -0.1) is 0 Å². The molecule has 1 heterocycles. The molecule has 0 bridgehead atoms. The summed E-state index contributed by atoms with van der Waals surface area (Å²) in [5.41, 5.74) is 7.86. The van der Waals surface area contributed by atoms with Gasteiger partial charge in [-0.1, -0.05) is 6.07 Å². The second-order valence-electron chi connectivity index (χ2n) is 3.67. The van der Waals surface area contributed by atoms with Crippen molar-refractivity contribution in [1.29, 1.82) is 0 Å².